The van der Waals surface area contributed by atoms with Crippen molar-refractivity contribution >= 4 is 17.9 Å². The summed E-state index contributed by atoms with van der Waals surface area (Å²) >= 11 is -3.40. The van der Waals surface area contributed by atoms with Crippen molar-refractivity contribution in [2.75, 3.05) is 6.61 Å². The van der Waals surface area contributed by atoms with Crippen LogP contribution in [0.5, 0.6) is 0 Å². The number of halogens is 2. The van der Waals surface area contributed by atoms with E-state index in [-0.39, 0.29) is 29.6 Å². The Kier molecular flexibility index (Phi) is 6.97. The number of hydrogen-bond acceptors (Lipinski definition) is 4. The molecule has 4 aliphatic rings. The van der Waals surface area contributed by atoms with E-state index in [4.69, 9.17) is 9.53 Å². The van der Waals surface area contributed by atoms with Gasteiger partial charge in [0, 0.05) is 11.1 Å². The maximum atomic E-state index is 13.1. The molecule has 0 aliphatic heterocycles. The van der Waals surface area contributed by atoms with Gasteiger partial charge in [-0.2, -0.15) is 8.78 Å². The molecule has 0 aromatic carbocycles. The number of ether oxygens (including phenoxy) is 1. The first-order chi connectivity index (χ1) is 9.39. The molecule has 2 radical (unpaired) electrons. The van der Waals surface area contributed by atoms with Crippen molar-refractivity contribution in [2.24, 2.45) is 17.8 Å². The van der Waals surface area contributed by atoms with Gasteiger partial charge in [0.25, 0.3) is 6.79 Å². The smallest absolute Gasteiger partial charge is 0.768 e. The molecule has 4 fully saturated rings. The van der Waals surface area contributed by atoms with Crippen molar-refractivity contribution in [2.45, 2.75) is 49.4 Å². The summed E-state index contributed by atoms with van der Waals surface area (Å²) in [6.45, 7) is 3.51. The largest absolute Gasteiger partial charge is 1.00 e. The molecule has 0 N–H and O–H groups in total. The number of alkyl halides is 2. The summed E-state index contributed by atoms with van der Waals surface area (Å²) in [5.41, 5.74) is -0.461. The van der Waals surface area contributed by atoms with Crippen molar-refractivity contribution in [3.8, 4) is 0 Å². The van der Waals surface area contributed by atoms with Gasteiger partial charge in [-0.1, -0.05) is 0 Å². The molecule has 0 aromatic rings. The van der Waals surface area contributed by atoms with E-state index in [1.807, 2.05) is 0 Å². The Bertz CT molecular complexity index is 359. The quantitative estimate of drug-likeness (QED) is 0.492. The molecule has 8 heteroatoms. The predicted octanol–water partition coefficient (Wildman–Crippen LogP) is -0.949. The van der Waals surface area contributed by atoms with Crippen LogP contribution in [0.25, 0.3) is 0 Å². The Morgan fingerprint density at radius 3 is 1.86 bits per heavy atom. The van der Waals surface area contributed by atoms with Gasteiger partial charge < -0.3 is 9.29 Å². The molecule has 4 saturated carbocycles. The molecule has 4 rings (SSSR count). The fourth-order valence-corrected chi connectivity index (χ4v) is 4.65. The van der Waals surface area contributed by atoms with Crippen molar-refractivity contribution in [3.05, 3.63) is 0 Å². The summed E-state index contributed by atoms with van der Waals surface area (Å²) < 4.78 is 52.4. The van der Waals surface area contributed by atoms with Gasteiger partial charge in [-0.3, -0.25) is 9.00 Å². The Hall–Kier alpha value is 0.600. The minimum absolute atomic E-state index is 0. The van der Waals surface area contributed by atoms with E-state index in [2.05, 4.69) is 6.79 Å². The van der Waals surface area contributed by atoms with Crippen LogP contribution < -0.4 is 29.6 Å². The van der Waals surface area contributed by atoms with Crippen LogP contribution in [-0.4, -0.2) is 33.0 Å². The molecule has 4 aliphatic carbocycles. The second kappa shape index (κ2) is 7.45. The third-order valence-corrected chi connectivity index (χ3v) is 5.38. The molecule has 0 saturated heterocycles. The van der Waals surface area contributed by atoms with Crippen LogP contribution in [0.3, 0.4) is 0 Å². The van der Waals surface area contributed by atoms with E-state index in [1.54, 1.807) is 0 Å². The molecule has 0 aromatic heterocycles. The first kappa shape index (κ1) is 19.6. The van der Waals surface area contributed by atoms with E-state index in [0.717, 1.165) is 19.3 Å². The SMILES string of the molecule is O=S([O-])C(F)(F)COC12CC3CC(CC(C3)C1)C2.[C]=O.[Na+]. The van der Waals surface area contributed by atoms with E-state index in [1.165, 1.54) is 19.3 Å². The van der Waals surface area contributed by atoms with Gasteiger partial charge in [-0.15, -0.1) is 0 Å². The number of hydrogen-bond donors (Lipinski definition) is 0. The summed E-state index contributed by atoms with van der Waals surface area (Å²) in [5, 5.41) is -3.76. The van der Waals surface area contributed by atoms with Crippen molar-refractivity contribution in [1.82, 2.24) is 0 Å². The topological polar surface area (TPSA) is 66.4 Å². The first-order valence-electron chi connectivity index (χ1n) is 6.70. The van der Waals surface area contributed by atoms with Crippen LogP contribution in [0, 0.1) is 17.8 Å². The minimum Gasteiger partial charge on any atom is -0.768 e. The second-order valence-electron chi connectivity index (χ2n) is 6.26. The Labute approximate surface area is 148 Å². The maximum absolute atomic E-state index is 13.1. The first-order valence-corrected chi connectivity index (χ1v) is 7.78. The zero-order valence-electron chi connectivity index (χ0n) is 12.0. The van der Waals surface area contributed by atoms with Gasteiger partial charge in [0.1, 0.15) is 6.61 Å². The normalized spacial score (nSPS) is 38.1. The van der Waals surface area contributed by atoms with E-state index >= 15 is 0 Å². The molecule has 21 heavy (non-hydrogen) atoms. The molecule has 1 unspecified atom stereocenters. The summed E-state index contributed by atoms with van der Waals surface area (Å²) in [5.74, 6) is 1.80. The van der Waals surface area contributed by atoms with Gasteiger partial charge in [0.15, 0.2) is 0 Å². The average molecular weight is 330 g/mol. The average Bonchev–Trinajstić information content (AvgIpc) is 2.37. The maximum Gasteiger partial charge on any atom is 1.00 e. The fourth-order valence-electron chi connectivity index (χ4n) is 4.49. The molecule has 1 atom stereocenters. The van der Waals surface area contributed by atoms with E-state index in [9.17, 15) is 17.5 Å². The third kappa shape index (κ3) is 4.32. The third-order valence-electron chi connectivity index (χ3n) is 4.77. The summed E-state index contributed by atoms with van der Waals surface area (Å²) in [6, 6.07) is 0. The molecule has 114 valence electrons. The van der Waals surface area contributed by atoms with E-state index in [0.29, 0.717) is 17.8 Å². The fraction of sp³-hybridized carbons (Fsp3) is 0.923. The van der Waals surface area contributed by atoms with Crippen molar-refractivity contribution in [1.29, 1.82) is 0 Å². The molecule has 0 amide bonds. The number of rotatable bonds is 4. The van der Waals surface area contributed by atoms with Crippen LogP contribution in [-0.2, 0) is 20.6 Å². The molecular formula is C13H17F2NaO4S. The standard InChI is InChI=1S/C12H18F2O3S.CO.Na/c13-12(14,18(15)16)7-17-11-4-8-1-9(5-11)3-10(2-8)6-11;1-2;/h8-10H,1-7H2,(H,15,16);;/q;;+1/p-1. The van der Waals surface area contributed by atoms with Gasteiger partial charge in [-0.25, -0.2) is 0 Å². The van der Waals surface area contributed by atoms with Crippen LogP contribution in [0.15, 0.2) is 0 Å². The van der Waals surface area contributed by atoms with Gasteiger partial charge >= 0.3 is 34.8 Å². The molecule has 0 spiro atoms. The predicted molar refractivity (Wildman–Crippen MR) is 66.4 cm³/mol. The monoisotopic (exact) mass is 330 g/mol. The molecule has 4 bridgehead atoms. The Balaban J connectivity index is 0.000000706. The summed E-state index contributed by atoms with van der Waals surface area (Å²) in [7, 11) is 0. The van der Waals surface area contributed by atoms with Crippen LogP contribution in [0.4, 0.5) is 8.78 Å². The van der Waals surface area contributed by atoms with Crippen LogP contribution >= 0.6 is 0 Å². The molecule has 0 heterocycles. The van der Waals surface area contributed by atoms with Gasteiger partial charge in [0.2, 0.25) is 0 Å². The second-order valence-corrected chi connectivity index (χ2v) is 7.33. The van der Waals surface area contributed by atoms with Crippen molar-refractivity contribution < 1.29 is 56.6 Å². The summed E-state index contributed by atoms with van der Waals surface area (Å²) in [6.07, 6.45) is 6.10. The minimum atomic E-state index is -3.76. The zero-order chi connectivity index (χ0) is 15.0. The number of carbonyl (C=O) groups excluding carboxylic acids is 1. The summed E-state index contributed by atoms with van der Waals surface area (Å²) in [4.78, 5) is 7.50. The van der Waals surface area contributed by atoms with Gasteiger partial charge in [0.05, 0.1) is 5.60 Å². The van der Waals surface area contributed by atoms with Crippen molar-refractivity contribution in [3.63, 3.8) is 0 Å². The van der Waals surface area contributed by atoms with E-state index < -0.39 is 28.5 Å². The van der Waals surface area contributed by atoms with Gasteiger partial charge in [-0.05, 0) is 56.3 Å². The molecule has 4 nitrogen and oxygen atoms in total. The Morgan fingerprint density at radius 2 is 1.52 bits per heavy atom. The Morgan fingerprint density at radius 1 is 1.14 bits per heavy atom. The zero-order valence-corrected chi connectivity index (χ0v) is 14.8. The molecular weight excluding hydrogens is 313 g/mol. The van der Waals surface area contributed by atoms with Crippen LogP contribution in [0.1, 0.15) is 38.5 Å². The van der Waals surface area contributed by atoms with Crippen LogP contribution in [0.2, 0.25) is 0 Å².